The molecule has 2 rings (SSSR count). The van der Waals surface area contributed by atoms with E-state index < -0.39 is 0 Å². The molecule has 0 unspecified atom stereocenters. The van der Waals surface area contributed by atoms with E-state index in [0.717, 1.165) is 31.4 Å². The normalized spacial score (nSPS) is 24.4. The van der Waals surface area contributed by atoms with Crippen molar-refractivity contribution in [2.45, 2.75) is 37.8 Å². The number of hydrogen-bond acceptors (Lipinski definition) is 4. The first kappa shape index (κ1) is 12.0. The van der Waals surface area contributed by atoms with Crippen molar-refractivity contribution in [2.24, 2.45) is 0 Å². The quantitative estimate of drug-likeness (QED) is 0.702. The fourth-order valence-corrected chi connectivity index (χ4v) is 2.26. The number of hydrogen-bond donors (Lipinski definition) is 3. The van der Waals surface area contributed by atoms with Crippen LogP contribution in [0.5, 0.6) is 5.75 Å². The predicted octanol–water partition coefficient (Wildman–Crippen LogP) is 1.99. The standard InChI is InChI=1S/C13H20N2O2/c1-17-13-8-10(4-7-12(13)14)15-9-2-5-11(16)6-3-9/h4,7-9,11,15-16H,2-3,5-6,14H2,1H3. The summed E-state index contributed by atoms with van der Waals surface area (Å²) < 4.78 is 5.19. The number of aliphatic hydroxyl groups is 1. The molecular weight excluding hydrogens is 216 g/mol. The lowest BCUT2D eigenvalue weighted by Crippen LogP contribution is -2.28. The predicted molar refractivity (Wildman–Crippen MR) is 69.3 cm³/mol. The Balaban J connectivity index is 1.99. The van der Waals surface area contributed by atoms with E-state index in [1.165, 1.54) is 0 Å². The molecule has 1 aromatic rings. The maximum absolute atomic E-state index is 9.45. The summed E-state index contributed by atoms with van der Waals surface area (Å²) in [5, 5.41) is 12.9. The largest absolute Gasteiger partial charge is 0.495 e. The third-order valence-corrected chi connectivity index (χ3v) is 3.30. The Morgan fingerprint density at radius 2 is 2.00 bits per heavy atom. The summed E-state index contributed by atoms with van der Waals surface area (Å²) in [5.74, 6) is 0.700. The molecule has 1 saturated carbocycles. The number of methoxy groups -OCH3 is 1. The van der Waals surface area contributed by atoms with Crippen molar-refractivity contribution in [3.05, 3.63) is 18.2 Å². The molecule has 94 valence electrons. The number of rotatable bonds is 3. The first-order valence-corrected chi connectivity index (χ1v) is 6.07. The Bertz CT molecular complexity index is 374. The zero-order valence-corrected chi connectivity index (χ0v) is 10.1. The number of nitrogens with one attached hydrogen (secondary N) is 1. The van der Waals surface area contributed by atoms with Crippen LogP contribution in [0.3, 0.4) is 0 Å². The smallest absolute Gasteiger partial charge is 0.143 e. The van der Waals surface area contributed by atoms with Gasteiger partial charge in [0.15, 0.2) is 0 Å². The molecule has 1 aromatic carbocycles. The van der Waals surface area contributed by atoms with Crippen molar-refractivity contribution in [2.75, 3.05) is 18.2 Å². The van der Waals surface area contributed by atoms with Crippen LogP contribution in [0, 0.1) is 0 Å². The fraction of sp³-hybridized carbons (Fsp3) is 0.538. The van der Waals surface area contributed by atoms with Gasteiger partial charge in [0.1, 0.15) is 5.75 Å². The molecule has 0 amide bonds. The zero-order valence-electron chi connectivity index (χ0n) is 10.1. The van der Waals surface area contributed by atoms with Gasteiger partial charge in [-0.05, 0) is 37.8 Å². The van der Waals surface area contributed by atoms with Crippen LogP contribution in [0.2, 0.25) is 0 Å². The molecule has 1 aliphatic carbocycles. The Hall–Kier alpha value is -1.42. The van der Waals surface area contributed by atoms with Gasteiger partial charge in [-0.15, -0.1) is 0 Å². The van der Waals surface area contributed by atoms with Crippen molar-refractivity contribution in [3.8, 4) is 5.75 Å². The van der Waals surface area contributed by atoms with Crippen LogP contribution in [0.4, 0.5) is 11.4 Å². The summed E-state index contributed by atoms with van der Waals surface area (Å²) in [7, 11) is 1.62. The number of aliphatic hydroxyl groups excluding tert-OH is 1. The Morgan fingerprint density at radius 1 is 1.29 bits per heavy atom. The molecule has 0 aromatic heterocycles. The Morgan fingerprint density at radius 3 is 2.65 bits per heavy atom. The summed E-state index contributed by atoms with van der Waals surface area (Å²) in [6.07, 6.45) is 3.66. The molecule has 4 heteroatoms. The minimum Gasteiger partial charge on any atom is -0.495 e. The molecule has 0 saturated heterocycles. The van der Waals surface area contributed by atoms with E-state index in [1.54, 1.807) is 7.11 Å². The summed E-state index contributed by atoms with van der Waals surface area (Å²) in [4.78, 5) is 0. The van der Waals surface area contributed by atoms with E-state index in [-0.39, 0.29) is 6.10 Å². The topological polar surface area (TPSA) is 67.5 Å². The van der Waals surface area contributed by atoms with Crippen molar-refractivity contribution in [1.29, 1.82) is 0 Å². The molecule has 0 aliphatic heterocycles. The summed E-state index contributed by atoms with van der Waals surface area (Å²) in [5.41, 5.74) is 7.44. The Labute approximate surface area is 102 Å². The second kappa shape index (κ2) is 5.27. The van der Waals surface area contributed by atoms with Gasteiger partial charge < -0.3 is 20.9 Å². The molecule has 0 spiro atoms. The maximum atomic E-state index is 9.45. The van der Waals surface area contributed by atoms with Gasteiger partial charge in [-0.1, -0.05) is 0 Å². The average Bonchev–Trinajstić information content (AvgIpc) is 2.34. The third-order valence-electron chi connectivity index (χ3n) is 3.30. The molecule has 0 radical (unpaired) electrons. The molecular formula is C13H20N2O2. The van der Waals surface area contributed by atoms with Crippen molar-refractivity contribution in [1.82, 2.24) is 0 Å². The summed E-state index contributed by atoms with van der Waals surface area (Å²) >= 11 is 0. The van der Waals surface area contributed by atoms with Crippen LogP contribution in [0.25, 0.3) is 0 Å². The minimum atomic E-state index is -0.117. The monoisotopic (exact) mass is 236 g/mol. The van der Waals surface area contributed by atoms with E-state index in [0.29, 0.717) is 17.5 Å². The second-order valence-corrected chi connectivity index (χ2v) is 4.61. The SMILES string of the molecule is COc1cc(NC2CCC(O)CC2)ccc1N. The molecule has 4 nitrogen and oxygen atoms in total. The van der Waals surface area contributed by atoms with Crippen LogP contribution in [0.1, 0.15) is 25.7 Å². The highest BCUT2D eigenvalue weighted by molar-refractivity contribution is 5.61. The average molecular weight is 236 g/mol. The van der Waals surface area contributed by atoms with Gasteiger partial charge in [0.25, 0.3) is 0 Å². The van der Waals surface area contributed by atoms with Crippen LogP contribution in [0.15, 0.2) is 18.2 Å². The first-order valence-electron chi connectivity index (χ1n) is 6.07. The van der Waals surface area contributed by atoms with E-state index in [1.807, 2.05) is 18.2 Å². The molecule has 0 heterocycles. The van der Waals surface area contributed by atoms with Gasteiger partial charge >= 0.3 is 0 Å². The lowest BCUT2D eigenvalue weighted by molar-refractivity contribution is 0.126. The number of anilines is 2. The maximum Gasteiger partial charge on any atom is 0.143 e. The van der Waals surface area contributed by atoms with Gasteiger partial charge in [-0.25, -0.2) is 0 Å². The Kier molecular flexibility index (Phi) is 3.74. The minimum absolute atomic E-state index is 0.117. The number of nitrogen functional groups attached to an aromatic ring is 1. The van der Waals surface area contributed by atoms with E-state index in [2.05, 4.69) is 5.32 Å². The van der Waals surface area contributed by atoms with Gasteiger partial charge in [0.05, 0.1) is 18.9 Å². The first-order chi connectivity index (χ1) is 8.19. The number of ether oxygens (including phenoxy) is 1. The van der Waals surface area contributed by atoms with E-state index in [4.69, 9.17) is 10.5 Å². The van der Waals surface area contributed by atoms with Crippen molar-refractivity contribution < 1.29 is 9.84 Å². The highest BCUT2D eigenvalue weighted by Crippen LogP contribution is 2.27. The molecule has 0 atom stereocenters. The highest BCUT2D eigenvalue weighted by Gasteiger charge is 2.19. The second-order valence-electron chi connectivity index (χ2n) is 4.61. The molecule has 4 N–H and O–H groups in total. The third kappa shape index (κ3) is 3.03. The van der Waals surface area contributed by atoms with Gasteiger partial charge in [-0.3, -0.25) is 0 Å². The van der Waals surface area contributed by atoms with E-state index in [9.17, 15) is 5.11 Å². The lowest BCUT2D eigenvalue weighted by atomic mass is 9.93. The van der Waals surface area contributed by atoms with E-state index >= 15 is 0 Å². The van der Waals surface area contributed by atoms with Crippen LogP contribution < -0.4 is 15.8 Å². The van der Waals surface area contributed by atoms with Gasteiger partial charge in [0.2, 0.25) is 0 Å². The summed E-state index contributed by atoms with van der Waals surface area (Å²) in [6, 6.07) is 6.16. The molecule has 0 bridgehead atoms. The van der Waals surface area contributed by atoms with Crippen LogP contribution >= 0.6 is 0 Å². The zero-order chi connectivity index (χ0) is 12.3. The molecule has 1 fully saturated rings. The van der Waals surface area contributed by atoms with Gasteiger partial charge in [0, 0.05) is 17.8 Å². The van der Waals surface area contributed by atoms with Crippen LogP contribution in [-0.4, -0.2) is 24.4 Å². The van der Waals surface area contributed by atoms with Gasteiger partial charge in [-0.2, -0.15) is 0 Å². The lowest BCUT2D eigenvalue weighted by Gasteiger charge is -2.27. The number of nitrogens with two attached hydrogens (primary N) is 1. The molecule has 1 aliphatic rings. The number of benzene rings is 1. The van der Waals surface area contributed by atoms with Crippen molar-refractivity contribution >= 4 is 11.4 Å². The van der Waals surface area contributed by atoms with Crippen molar-refractivity contribution in [3.63, 3.8) is 0 Å². The highest BCUT2D eigenvalue weighted by atomic mass is 16.5. The molecule has 17 heavy (non-hydrogen) atoms. The summed E-state index contributed by atoms with van der Waals surface area (Å²) in [6.45, 7) is 0. The fourth-order valence-electron chi connectivity index (χ4n) is 2.26. The van der Waals surface area contributed by atoms with Crippen LogP contribution in [-0.2, 0) is 0 Å².